The number of benzene rings is 1. The molecule has 0 bridgehead atoms. The minimum Gasteiger partial charge on any atom is -0.465 e. The summed E-state index contributed by atoms with van der Waals surface area (Å²) in [7, 11) is -1.06. The summed E-state index contributed by atoms with van der Waals surface area (Å²) in [4.78, 5) is 11.4. The summed E-state index contributed by atoms with van der Waals surface area (Å²) in [6.07, 6.45) is 0. The Morgan fingerprint density at radius 1 is 1.39 bits per heavy atom. The van der Waals surface area contributed by atoms with Gasteiger partial charge in [-0.1, -0.05) is 25.4 Å². The quantitative estimate of drug-likeness (QED) is 0.758. The van der Waals surface area contributed by atoms with Crippen molar-refractivity contribution in [3.63, 3.8) is 0 Å². The second kappa shape index (κ2) is 8.30. The van der Waals surface area contributed by atoms with Crippen LogP contribution in [0.3, 0.4) is 0 Å². The van der Waals surface area contributed by atoms with Crippen LogP contribution >= 0.6 is 24.0 Å². The van der Waals surface area contributed by atoms with Gasteiger partial charge in [0, 0.05) is 13.6 Å². The monoisotopic (exact) mass is 384 g/mol. The van der Waals surface area contributed by atoms with E-state index in [1.165, 1.54) is 36.7 Å². The molecular formula is C14H22Cl2N2O4S. The fourth-order valence-corrected chi connectivity index (χ4v) is 3.75. The van der Waals surface area contributed by atoms with Gasteiger partial charge in [0.05, 0.1) is 17.7 Å². The number of esters is 1. The maximum atomic E-state index is 12.6. The molecule has 0 amide bonds. The minimum atomic E-state index is -3.77. The van der Waals surface area contributed by atoms with Gasteiger partial charge < -0.3 is 10.5 Å². The van der Waals surface area contributed by atoms with Crippen molar-refractivity contribution in [2.24, 2.45) is 11.1 Å². The average Bonchev–Trinajstić information content (AvgIpc) is 2.45. The zero-order valence-electron chi connectivity index (χ0n) is 13.5. The molecule has 0 heterocycles. The Morgan fingerprint density at radius 2 is 1.96 bits per heavy atom. The summed E-state index contributed by atoms with van der Waals surface area (Å²) in [6.45, 7) is 4.35. The first-order valence-corrected chi connectivity index (χ1v) is 8.41. The van der Waals surface area contributed by atoms with E-state index >= 15 is 0 Å². The number of ether oxygens (including phenoxy) is 1. The lowest BCUT2D eigenvalue weighted by Crippen LogP contribution is -2.39. The molecule has 0 aromatic heterocycles. The van der Waals surface area contributed by atoms with Gasteiger partial charge >= 0.3 is 5.97 Å². The molecule has 0 saturated heterocycles. The number of sulfonamides is 1. The van der Waals surface area contributed by atoms with Crippen molar-refractivity contribution in [1.82, 2.24) is 4.31 Å². The molecule has 0 aliphatic carbocycles. The van der Waals surface area contributed by atoms with Crippen LogP contribution in [0.1, 0.15) is 24.2 Å². The van der Waals surface area contributed by atoms with E-state index in [0.29, 0.717) is 6.54 Å². The molecule has 132 valence electrons. The van der Waals surface area contributed by atoms with Gasteiger partial charge in [0.15, 0.2) is 0 Å². The summed E-state index contributed by atoms with van der Waals surface area (Å²) >= 11 is 6.03. The first-order valence-electron chi connectivity index (χ1n) is 6.59. The average molecular weight is 385 g/mol. The number of carbonyl (C=O) groups is 1. The summed E-state index contributed by atoms with van der Waals surface area (Å²) < 4.78 is 30.9. The molecule has 0 spiro atoms. The fraction of sp³-hybridized carbons (Fsp3) is 0.500. The van der Waals surface area contributed by atoms with Crippen LogP contribution in [-0.2, 0) is 14.8 Å². The van der Waals surface area contributed by atoms with Crippen LogP contribution in [-0.4, -0.2) is 45.9 Å². The summed E-state index contributed by atoms with van der Waals surface area (Å²) in [5, 5.41) is -0.0275. The lowest BCUT2D eigenvalue weighted by molar-refractivity contribution is 0.0600. The highest BCUT2D eigenvalue weighted by atomic mass is 35.5. The van der Waals surface area contributed by atoms with Crippen molar-refractivity contribution in [2.45, 2.75) is 18.7 Å². The number of nitrogens with zero attached hydrogens (tertiary/aromatic N) is 1. The van der Waals surface area contributed by atoms with E-state index in [1.807, 2.05) is 13.8 Å². The van der Waals surface area contributed by atoms with Crippen molar-refractivity contribution in [3.8, 4) is 0 Å². The van der Waals surface area contributed by atoms with E-state index in [2.05, 4.69) is 4.74 Å². The third-order valence-electron chi connectivity index (χ3n) is 3.24. The predicted molar refractivity (Wildman–Crippen MR) is 92.7 cm³/mol. The highest BCUT2D eigenvalue weighted by molar-refractivity contribution is 7.89. The first kappa shape index (κ1) is 22.1. The number of hydrogen-bond acceptors (Lipinski definition) is 5. The van der Waals surface area contributed by atoms with Gasteiger partial charge in [0.1, 0.15) is 4.90 Å². The number of halogens is 2. The topological polar surface area (TPSA) is 89.7 Å². The summed E-state index contributed by atoms with van der Waals surface area (Å²) in [5.41, 5.74) is 5.47. The second-order valence-electron chi connectivity index (χ2n) is 5.77. The number of hydrogen-bond donors (Lipinski definition) is 1. The summed E-state index contributed by atoms with van der Waals surface area (Å²) in [5.74, 6) is -0.580. The number of nitrogens with two attached hydrogens (primary N) is 1. The normalized spacial score (nSPS) is 12.0. The fourth-order valence-electron chi connectivity index (χ4n) is 1.88. The van der Waals surface area contributed by atoms with Gasteiger partial charge in [-0.15, -0.1) is 12.4 Å². The second-order valence-corrected chi connectivity index (χ2v) is 8.19. The standard InChI is InChI=1S/C14H21ClN2O4S.ClH/c1-14(2,8-16)9-17(3)22(19,20)12-6-5-10(7-11(12)15)13(18)21-4;/h5-7H,8-9,16H2,1-4H3;1H. The molecule has 0 unspecified atom stereocenters. The van der Waals surface area contributed by atoms with E-state index in [-0.39, 0.29) is 39.8 Å². The van der Waals surface area contributed by atoms with Crippen LogP contribution in [0.15, 0.2) is 23.1 Å². The number of rotatable bonds is 6. The van der Waals surface area contributed by atoms with Crippen molar-refractivity contribution >= 4 is 40.0 Å². The van der Waals surface area contributed by atoms with Crippen molar-refractivity contribution in [3.05, 3.63) is 28.8 Å². The molecule has 0 saturated carbocycles. The van der Waals surface area contributed by atoms with Crippen LogP contribution in [0.2, 0.25) is 5.02 Å². The molecule has 2 N–H and O–H groups in total. The molecule has 0 aliphatic heterocycles. The van der Waals surface area contributed by atoms with Crippen molar-refractivity contribution < 1.29 is 17.9 Å². The predicted octanol–water partition coefficient (Wildman–Crippen LogP) is 2.15. The van der Waals surface area contributed by atoms with Gasteiger partial charge in [-0.25, -0.2) is 17.5 Å². The highest BCUT2D eigenvalue weighted by Crippen LogP contribution is 2.27. The van der Waals surface area contributed by atoms with Gasteiger partial charge in [-0.05, 0) is 30.2 Å². The number of methoxy groups -OCH3 is 1. The Bertz CT molecular complexity index is 663. The van der Waals surface area contributed by atoms with Crippen LogP contribution in [0.5, 0.6) is 0 Å². The zero-order valence-corrected chi connectivity index (χ0v) is 15.9. The lowest BCUT2D eigenvalue weighted by Gasteiger charge is -2.28. The van der Waals surface area contributed by atoms with Gasteiger partial charge in [0.25, 0.3) is 0 Å². The Balaban J connectivity index is 0.00000484. The molecule has 6 nitrogen and oxygen atoms in total. The Morgan fingerprint density at radius 3 is 2.39 bits per heavy atom. The first-order chi connectivity index (χ1) is 10.0. The van der Waals surface area contributed by atoms with E-state index in [0.717, 1.165) is 0 Å². The van der Waals surface area contributed by atoms with Crippen LogP contribution in [0.25, 0.3) is 0 Å². The Labute approximate surface area is 148 Å². The van der Waals surface area contributed by atoms with Crippen molar-refractivity contribution in [2.75, 3.05) is 27.2 Å². The molecule has 0 fully saturated rings. The molecular weight excluding hydrogens is 363 g/mol. The molecule has 0 atom stereocenters. The maximum Gasteiger partial charge on any atom is 0.337 e. The van der Waals surface area contributed by atoms with Crippen LogP contribution in [0, 0.1) is 5.41 Å². The molecule has 1 rings (SSSR count). The van der Waals surface area contributed by atoms with Gasteiger partial charge in [-0.2, -0.15) is 0 Å². The third-order valence-corrected chi connectivity index (χ3v) is 5.53. The molecule has 1 aromatic rings. The zero-order chi connectivity index (χ0) is 17.1. The molecule has 23 heavy (non-hydrogen) atoms. The van der Waals surface area contributed by atoms with E-state index in [1.54, 1.807) is 0 Å². The lowest BCUT2D eigenvalue weighted by atomic mass is 9.94. The molecule has 0 aliphatic rings. The van der Waals surface area contributed by atoms with E-state index in [9.17, 15) is 13.2 Å². The van der Waals surface area contributed by atoms with Crippen LogP contribution in [0.4, 0.5) is 0 Å². The third kappa shape index (κ3) is 5.32. The van der Waals surface area contributed by atoms with Gasteiger partial charge in [-0.3, -0.25) is 0 Å². The van der Waals surface area contributed by atoms with Gasteiger partial charge in [0.2, 0.25) is 10.0 Å². The maximum absolute atomic E-state index is 12.6. The summed E-state index contributed by atoms with van der Waals surface area (Å²) in [6, 6.07) is 3.95. The van der Waals surface area contributed by atoms with E-state index in [4.69, 9.17) is 17.3 Å². The molecule has 1 aromatic carbocycles. The largest absolute Gasteiger partial charge is 0.465 e. The Kier molecular flexibility index (Phi) is 7.99. The highest BCUT2D eigenvalue weighted by Gasteiger charge is 2.29. The molecule has 9 heteroatoms. The molecule has 0 radical (unpaired) electrons. The van der Waals surface area contributed by atoms with Crippen molar-refractivity contribution in [1.29, 1.82) is 0 Å². The van der Waals surface area contributed by atoms with E-state index < -0.39 is 16.0 Å². The Hall–Kier alpha value is -0.860. The smallest absolute Gasteiger partial charge is 0.337 e. The SMILES string of the molecule is COC(=O)c1ccc(S(=O)(=O)N(C)CC(C)(C)CN)c(Cl)c1.Cl. The van der Waals surface area contributed by atoms with Crippen LogP contribution < -0.4 is 5.73 Å². The number of carbonyl (C=O) groups excluding carboxylic acids is 1. The minimum absolute atomic E-state index is 0.